The van der Waals surface area contributed by atoms with Crippen molar-refractivity contribution in [2.24, 2.45) is 0 Å². The SMILES string of the molecule is CCC(C)NC(=O)c1ccc(Cl)cc1[N+](=O)[O-]. The van der Waals surface area contributed by atoms with Crippen LogP contribution in [0.2, 0.25) is 5.02 Å². The average Bonchev–Trinajstić information content (AvgIpc) is 2.28. The first-order chi connectivity index (χ1) is 7.95. The Morgan fingerprint density at radius 3 is 2.76 bits per heavy atom. The first-order valence-electron chi connectivity index (χ1n) is 5.20. The van der Waals surface area contributed by atoms with Gasteiger partial charge in [-0.3, -0.25) is 14.9 Å². The highest BCUT2D eigenvalue weighted by molar-refractivity contribution is 6.31. The fourth-order valence-corrected chi connectivity index (χ4v) is 1.42. The Bertz CT molecular complexity index is 448. The van der Waals surface area contributed by atoms with Crippen LogP contribution < -0.4 is 5.32 Å². The van der Waals surface area contributed by atoms with E-state index in [9.17, 15) is 14.9 Å². The highest BCUT2D eigenvalue weighted by Gasteiger charge is 2.21. The van der Waals surface area contributed by atoms with E-state index in [1.807, 2.05) is 13.8 Å². The minimum Gasteiger partial charge on any atom is -0.349 e. The van der Waals surface area contributed by atoms with Crippen LogP contribution in [0.1, 0.15) is 30.6 Å². The van der Waals surface area contributed by atoms with Gasteiger partial charge in [-0.05, 0) is 25.5 Å². The van der Waals surface area contributed by atoms with Gasteiger partial charge in [-0.2, -0.15) is 0 Å². The van der Waals surface area contributed by atoms with E-state index < -0.39 is 10.8 Å². The predicted octanol–water partition coefficient (Wildman–Crippen LogP) is 2.78. The summed E-state index contributed by atoms with van der Waals surface area (Å²) < 4.78 is 0. The van der Waals surface area contributed by atoms with Crippen molar-refractivity contribution in [3.8, 4) is 0 Å². The Morgan fingerprint density at radius 2 is 2.24 bits per heavy atom. The fraction of sp³-hybridized carbons (Fsp3) is 0.364. The van der Waals surface area contributed by atoms with Crippen molar-refractivity contribution in [3.05, 3.63) is 38.9 Å². The van der Waals surface area contributed by atoms with Crippen LogP contribution in [0, 0.1) is 10.1 Å². The van der Waals surface area contributed by atoms with Gasteiger partial charge < -0.3 is 5.32 Å². The number of nitro benzene ring substituents is 1. The van der Waals surface area contributed by atoms with Gasteiger partial charge in [0.1, 0.15) is 5.56 Å². The molecule has 17 heavy (non-hydrogen) atoms. The molecule has 1 unspecified atom stereocenters. The molecule has 1 atom stereocenters. The topological polar surface area (TPSA) is 72.2 Å². The molecule has 92 valence electrons. The molecular weight excluding hydrogens is 244 g/mol. The molecule has 0 aliphatic carbocycles. The van der Waals surface area contributed by atoms with E-state index in [4.69, 9.17) is 11.6 Å². The molecule has 0 aliphatic rings. The molecule has 1 rings (SSSR count). The molecule has 0 saturated carbocycles. The predicted molar refractivity (Wildman–Crippen MR) is 65.3 cm³/mol. The third-order valence-corrected chi connectivity index (χ3v) is 2.63. The maximum Gasteiger partial charge on any atom is 0.283 e. The van der Waals surface area contributed by atoms with Crippen molar-refractivity contribution >= 4 is 23.2 Å². The van der Waals surface area contributed by atoms with E-state index in [1.54, 1.807) is 0 Å². The number of carbonyl (C=O) groups excluding carboxylic acids is 1. The third kappa shape index (κ3) is 3.42. The highest BCUT2D eigenvalue weighted by Crippen LogP contribution is 2.23. The molecule has 0 radical (unpaired) electrons. The molecule has 5 nitrogen and oxygen atoms in total. The van der Waals surface area contributed by atoms with Crippen molar-refractivity contribution in [2.45, 2.75) is 26.3 Å². The summed E-state index contributed by atoms with van der Waals surface area (Å²) in [5.41, 5.74) is -0.252. The Hall–Kier alpha value is -1.62. The first-order valence-corrected chi connectivity index (χ1v) is 5.58. The van der Waals surface area contributed by atoms with Crippen molar-refractivity contribution in [3.63, 3.8) is 0 Å². The molecule has 0 aromatic heterocycles. The molecule has 0 saturated heterocycles. The lowest BCUT2D eigenvalue weighted by molar-refractivity contribution is -0.385. The van der Waals surface area contributed by atoms with Crippen LogP contribution in [0.15, 0.2) is 18.2 Å². The molecule has 6 heteroatoms. The number of hydrogen-bond acceptors (Lipinski definition) is 3. The normalized spacial score (nSPS) is 11.9. The lowest BCUT2D eigenvalue weighted by Crippen LogP contribution is -2.32. The summed E-state index contributed by atoms with van der Waals surface area (Å²) in [5, 5.41) is 13.7. The zero-order valence-corrected chi connectivity index (χ0v) is 10.3. The molecule has 1 aromatic carbocycles. The largest absolute Gasteiger partial charge is 0.349 e. The number of halogens is 1. The second-order valence-electron chi connectivity index (χ2n) is 3.70. The second kappa shape index (κ2) is 5.63. The van der Waals surface area contributed by atoms with Gasteiger partial charge in [-0.25, -0.2) is 0 Å². The van der Waals surface area contributed by atoms with Crippen LogP contribution in [0.5, 0.6) is 0 Å². The summed E-state index contributed by atoms with van der Waals surface area (Å²) in [5.74, 6) is -0.456. The maximum atomic E-state index is 11.8. The minimum absolute atomic E-state index is 0.0275. The molecule has 0 heterocycles. The summed E-state index contributed by atoms with van der Waals surface area (Å²) in [6.45, 7) is 3.75. The van der Waals surface area contributed by atoms with Crippen LogP contribution in [-0.2, 0) is 0 Å². The highest BCUT2D eigenvalue weighted by atomic mass is 35.5. The number of nitro groups is 1. The molecule has 1 amide bonds. The number of rotatable bonds is 4. The number of benzene rings is 1. The van der Waals surface area contributed by atoms with Crippen LogP contribution >= 0.6 is 11.6 Å². The first kappa shape index (κ1) is 13.4. The minimum atomic E-state index is -0.614. The maximum absolute atomic E-state index is 11.8. The molecular formula is C11H13ClN2O3. The van der Waals surface area contributed by atoms with E-state index in [-0.39, 0.29) is 22.3 Å². The number of nitrogens with one attached hydrogen (secondary N) is 1. The van der Waals surface area contributed by atoms with Gasteiger partial charge in [0, 0.05) is 17.1 Å². The lowest BCUT2D eigenvalue weighted by Gasteiger charge is -2.11. The van der Waals surface area contributed by atoms with Crippen molar-refractivity contribution in [2.75, 3.05) is 0 Å². The monoisotopic (exact) mass is 256 g/mol. The van der Waals surface area contributed by atoms with E-state index >= 15 is 0 Å². The van der Waals surface area contributed by atoms with E-state index in [0.717, 1.165) is 6.42 Å². The Labute approximate surface area is 104 Å². The van der Waals surface area contributed by atoms with Gasteiger partial charge in [-0.1, -0.05) is 18.5 Å². The number of nitrogens with zero attached hydrogens (tertiary/aromatic N) is 1. The van der Waals surface area contributed by atoms with Gasteiger partial charge in [0.15, 0.2) is 0 Å². The zero-order valence-electron chi connectivity index (χ0n) is 9.57. The van der Waals surface area contributed by atoms with Crippen LogP contribution in [0.25, 0.3) is 0 Å². The Balaban J connectivity index is 3.04. The van der Waals surface area contributed by atoms with Gasteiger partial charge in [0.25, 0.3) is 11.6 Å². The molecule has 0 spiro atoms. The zero-order chi connectivity index (χ0) is 13.0. The standard InChI is InChI=1S/C11H13ClN2O3/c1-3-7(2)13-11(15)9-5-4-8(12)6-10(9)14(16)17/h4-7H,3H2,1-2H3,(H,13,15). The fourth-order valence-electron chi connectivity index (χ4n) is 1.25. The van der Waals surface area contributed by atoms with Crippen LogP contribution in [-0.4, -0.2) is 16.9 Å². The molecule has 1 N–H and O–H groups in total. The summed E-state index contributed by atoms with van der Waals surface area (Å²) >= 11 is 5.66. The van der Waals surface area contributed by atoms with Gasteiger partial charge >= 0.3 is 0 Å². The third-order valence-electron chi connectivity index (χ3n) is 2.39. The van der Waals surface area contributed by atoms with Gasteiger partial charge in [-0.15, -0.1) is 0 Å². The smallest absolute Gasteiger partial charge is 0.283 e. The number of carbonyl (C=O) groups is 1. The van der Waals surface area contributed by atoms with Gasteiger partial charge in [0.05, 0.1) is 4.92 Å². The molecule has 0 fully saturated rings. The molecule has 1 aromatic rings. The molecule has 0 aliphatic heterocycles. The second-order valence-corrected chi connectivity index (χ2v) is 4.14. The van der Waals surface area contributed by atoms with Crippen molar-refractivity contribution in [1.29, 1.82) is 0 Å². The summed E-state index contributed by atoms with van der Waals surface area (Å²) in [7, 11) is 0. The summed E-state index contributed by atoms with van der Waals surface area (Å²) in [4.78, 5) is 22.0. The summed E-state index contributed by atoms with van der Waals surface area (Å²) in [6, 6.07) is 3.96. The molecule has 0 bridgehead atoms. The van der Waals surface area contributed by atoms with E-state index in [2.05, 4.69) is 5.32 Å². The van der Waals surface area contributed by atoms with Crippen molar-refractivity contribution in [1.82, 2.24) is 5.32 Å². The van der Waals surface area contributed by atoms with E-state index in [1.165, 1.54) is 18.2 Å². The van der Waals surface area contributed by atoms with Crippen LogP contribution in [0.4, 0.5) is 5.69 Å². The summed E-state index contributed by atoms with van der Waals surface area (Å²) in [6.07, 6.45) is 0.757. The van der Waals surface area contributed by atoms with Gasteiger partial charge in [0.2, 0.25) is 0 Å². The average molecular weight is 257 g/mol. The Kier molecular flexibility index (Phi) is 4.45. The Morgan fingerprint density at radius 1 is 1.59 bits per heavy atom. The van der Waals surface area contributed by atoms with Crippen molar-refractivity contribution < 1.29 is 9.72 Å². The number of amides is 1. The van der Waals surface area contributed by atoms with Crippen LogP contribution in [0.3, 0.4) is 0 Å². The lowest BCUT2D eigenvalue weighted by atomic mass is 10.1. The van der Waals surface area contributed by atoms with E-state index in [0.29, 0.717) is 0 Å². The number of hydrogen-bond donors (Lipinski definition) is 1. The quantitative estimate of drug-likeness (QED) is 0.665.